The first-order valence-corrected chi connectivity index (χ1v) is 10.5. The maximum absolute atomic E-state index is 12.3. The Bertz CT molecular complexity index is 953. The van der Waals surface area contributed by atoms with Crippen LogP contribution >= 0.6 is 0 Å². The summed E-state index contributed by atoms with van der Waals surface area (Å²) in [5.74, 6) is 0. The average Bonchev–Trinajstić information content (AvgIpc) is 2.83. The summed E-state index contributed by atoms with van der Waals surface area (Å²) < 4.78 is 10.3. The second kappa shape index (κ2) is 12.7. The summed E-state index contributed by atoms with van der Waals surface area (Å²) >= 11 is 0. The fraction of sp³-hybridized carbons (Fsp3) is 0.240. The third kappa shape index (κ3) is 8.10. The van der Waals surface area contributed by atoms with Crippen LogP contribution in [-0.4, -0.2) is 36.9 Å². The fourth-order valence-corrected chi connectivity index (χ4v) is 3.10. The van der Waals surface area contributed by atoms with Crippen molar-refractivity contribution in [2.75, 3.05) is 19.8 Å². The van der Waals surface area contributed by atoms with E-state index in [-0.39, 0.29) is 25.8 Å². The van der Waals surface area contributed by atoms with Crippen LogP contribution in [0.1, 0.15) is 22.9 Å². The van der Waals surface area contributed by atoms with Crippen LogP contribution in [0.5, 0.6) is 0 Å². The molecule has 1 unspecified atom stereocenters. The number of carbonyl (C=O) groups is 2. The van der Waals surface area contributed by atoms with E-state index >= 15 is 0 Å². The molecule has 0 saturated heterocycles. The van der Waals surface area contributed by atoms with Gasteiger partial charge >= 0.3 is 12.2 Å². The molecule has 2 aromatic carbocycles. The molecule has 3 rings (SSSR count). The van der Waals surface area contributed by atoms with E-state index in [1.54, 1.807) is 6.20 Å². The summed E-state index contributed by atoms with van der Waals surface area (Å²) in [5.41, 5.74) is 2.91. The number of alkyl carbamates (subject to hydrolysis) is 2. The summed E-state index contributed by atoms with van der Waals surface area (Å²) in [6.45, 7) is 0.474. The standard InChI is InChI=1S/C25H27N3O4/c29-24(31-17-14-20-9-3-1-4-10-20)27-16-18-32-25(30)28-23(21-11-5-2-6-12-21)19-22-13-7-8-15-26-22/h1-13,15,23H,14,16-19H2,(H,27,29)(H,28,30). The number of ether oxygens (including phenoxy) is 2. The molecular formula is C25H27N3O4. The van der Waals surface area contributed by atoms with Crippen LogP contribution in [0.3, 0.4) is 0 Å². The minimum Gasteiger partial charge on any atom is -0.449 e. The van der Waals surface area contributed by atoms with Crippen molar-refractivity contribution in [1.82, 2.24) is 15.6 Å². The molecule has 2 N–H and O–H groups in total. The third-order valence-electron chi connectivity index (χ3n) is 4.70. The molecule has 32 heavy (non-hydrogen) atoms. The summed E-state index contributed by atoms with van der Waals surface area (Å²) in [5, 5.41) is 5.45. The Hall–Kier alpha value is -3.87. The highest BCUT2D eigenvalue weighted by molar-refractivity contribution is 5.68. The quantitative estimate of drug-likeness (QED) is 0.471. The van der Waals surface area contributed by atoms with Gasteiger partial charge in [0.1, 0.15) is 6.61 Å². The zero-order valence-corrected chi connectivity index (χ0v) is 17.8. The van der Waals surface area contributed by atoms with E-state index in [2.05, 4.69) is 15.6 Å². The van der Waals surface area contributed by atoms with Crippen molar-refractivity contribution in [2.24, 2.45) is 0 Å². The van der Waals surface area contributed by atoms with Crippen molar-refractivity contribution in [3.05, 3.63) is 102 Å². The summed E-state index contributed by atoms with van der Waals surface area (Å²) in [6.07, 6.45) is 1.80. The Balaban J connectivity index is 1.37. The van der Waals surface area contributed by atoms with Gasteiger partial charge in [0.25, 0.3) is 0 Å². The molecule has 1 heterocycles. The van der Waals surface area contributed by atoms with Crippen LogP contribution in [0.15, 0.2) is 85.1 Å². The van der Waals surface area contributed by atoms with E-state index in [0.717, 1.165) is 16.8 Å². The fourth-order valence-electron chi connectivity index (χ4n) is 3.10. The molecule has 1 atom stereocenters. The second-order valence-corrected chi connectivity index (χ2v) is 7.07. The van der Waals surface area contributed by atoms with E-state index in [1.165, 1.54) is 0 Å². The van der Waals surface area contributed by atoms with Crippen molar-refractivity contribution in [3.63, 3.8) is 0 Å². The van der Waals surface area contributed by atoms with Crippen molar-refractivity contribution >= 4 is 12.2 Å². The van der Waals surface area contributed by atoms with Gasteiger partial charge in [-0.05, 0) is 23.3 Å². The van der Waals surface area contributed by atoms with Gasteiger partial charge in [-0.25, -0.2) is 9.59 Å². The van der Waals surface area contributed by atoms with Crippen LogP contribution in [0, 0.1) is 0 Å². The average molecular weight is 434 g/mol. The lowest BCUT2D eigenvalue weighted by Gasteiger charge is -2.19. The normalized spacial score (nSPS) is 11.2. The number of carbonyl (C=O) groups excluding carboxylic acids is 2. The molecule has 7 nitrogen and oxygen atoms in total. The van der Waals surface area contributed by atoms with Crippen molar-refractivity contribution in [3.8, 4) is 0 Å². The Kier molecular flexibility index (Phi) is 9.08. The molecule has 1 aromatic heterocycles. The highest BCUT2D eigenvalue weighted by atomic mass is 16.6. The van der Waals surface area contributed by atoms with Crippen LogP contribution in [0.4, 0.5) is 9.59 Å². The molecule has 166 valence electrons. The molecule has 0 saturated carbocycles. The summed E-state index contributed by atoms with van der Waals surface area (Å²) in [4.78, 5) is 28.4. The van der Waals surface area contributed by atoms with Gasteiger partial charge in [-0.15, -0.1) is 0 Å². The molecule has 0 aliphatic carbocycles. The Labute approximate surface area is 187 Å². The molecular weight excluding hydrogens is 406 g/mol. The number of aromatic nitrogens is 1. The molecule has 7 heteroatoms. The molecule has 0 aliphatic heterocycles. The molecule has 0 aliphatic rings. The van der Waals surface area contributed by atoms with Crippen LogP contribution in [-0.2, 0) is 22.3 Å². The van der Waals surface area contributed by atoms with Gasteiger partial charge in [-0.3, -0.25) is 4.98 Å². The van der Waals surface area contributed by atoms with E-state index in [0.29, 0.717) is 12.8 Å². The summed E-state index contributed by atoms with van der Waals surface area (Å²) in [7, 11) is 0. The number of amides is 2. The van der Waals surface area contributed by atoms with Gasteiger partial charge in [-0.1, -0.05) is 66.7 Å². The first-order chi connectivity index (χ1) is 15.7. The highest BCUT2D eigenvalue weighted by Crippen LogP contribution is 2.17. The number of hydrogen-bond donors (Lipinski definition) is 2. The highest BCUT2D eigenvalue weighted by Gasteiger charge is 2.16. The van der Waals surface area contributed by atoms with Gasteiger partial charge in [0.2, 0.25) is 0 Å². The van der Waals surface area contributed by atoms with Crippen LogP contribution < -0.4 is 10.6 Å². The van der Waals surface area contributed by atoms with Crippen LogP contribution in [0.2, 0.25) is 0 Å². The smallest absolute Gasteiger partial charge is 0.407 e. The minimum atomic E-state index is -0.561. The maximum Gasteiger partial charge on any atom is 0.407 e. The monoisotopic (exact) mass is 433 g/mol. The lowest BCUT2D eigenvalue weighted by Crippen LogP contribution is -2.34. The van der Waals surface area contributed by atoms with Crippen LogP contribution in [0.25, 0.3) is 0 Å². The number of nitrogens with one attached hydrogen (secondary N) is 2. The van der Waals surface area contributed by atoms with E-state index in [4.69, 9.17) is 9.47 Å². The predicted molar refractivity (Wildman–Crippen MR) is 121 cm³/mol. The Morgan fingerprint density at radius 1 is 0.812 bits per heavy atom. The molecule has 2 amide bonds. The first-order valence-electron chi connectivity index (χ1n) is 10.5. The second-order valence-electron chi connectivity index (χ2n) is 7.07. The number of pyridine rings is 1. The van der Waals surface area contributed by atoms with Gasteiger partial charge in [0.15, 0.2) is 0 Å². The van der Waals surface area contributed by atoms with Gasteiger partial charge in [0, 0.05) is 24.7 Å². The molecule has 0 radical (unpaired) electrons. The number of benzene rings is 2. The lowest BCUT2D eigenvalue weighted by molar-refractivity contribution is 0.130. The largest absolute Gasteiger partial charge is 0.449 e. The van der Waals surface area contributed by atoms with Crippen molar-refractivity contribution in [1.29, 1.82) is 0 Å². The van der Waals surface area contributed by atoms with Crippen molar-refractivity contribution in [2.45, 2.75) is 18.9 Å². The van der Waals surface area contributed by atoms with Crippen molar-refractivity contribution < 1.29 is 19.1 Å². The number of nitrogens with zero attached hydrogens (tertiary/aromatic N) is 1. The Morgan fingerprint density at radius 2 is 1.50 bits per heavy atom. The number of rotatable bonds is 10. The topological polar surface area (TPSA) is 89.5 Å². The molecule has 3 aromatic rings. The predicted octanol–water partition coefficient (Wildman–Crippen LogP) is 4.06. The Morgan fingerprint density at radius 3 is 2.22 bits per heavy atom. The van der Waals surface area contributed by atoms with Gasteiger partial charge in [-0.2, -0.15) is 0 Å². The number of hydrogen-bond acceptors (Lipinski definition) is 5. The lowest BCUT2D eigenvalue weighted by atomic mass is 10.0. The first kappa shape index (κ1) is 22.8. The zero-order chi connectivity index (χ0) is 22.4. The van der Waals surface area contributed by atoms with E-state index < -0.39 is 12.2 Å². The zero-order valence-electron chi connectivity index (χ0n) is 17.8. The minimum absolute atomic E-state index is 0.0325. The maximum atomic E-state index is 12.3. The van der Waals surface area contributed by atoms with Gasteiger partial charge in [0.05, 0.1) is 19.2 Å². The molecule has 0 fully saturated rings. The summed E-state index contributed by atoms with van der Waals surface area (Å²) in [6, 6.07) is 24.8. The SMILES string of the molecule is O=C(NCCOC(=O)NC(Cc1ccccn1)c1ccccc1)OCCc1ccccc1. The molecule has 0 spiro atoms. The van der Waals surface area contributed by atoms with Gasteiger partial charge < -0.3 is 20.1 Å². The van der Waals surface area contributed by atoms with E-state index in [9.17, 15) is 9.59 Å². The molecule has 0 bridgehead atoms. The third-order valence-corrected chi connectivity index (χ3v) is 4.70. The van der Waals surface area contributed by atoms with E-state index in [1.807, 2.05) is 78.9 Å².